The van der Waals surface area contributed by atoms with Crippen LogP contribution in [0.15, 0.2) is 72.9 Å². The molecule has 2 saturated heterocycles. The minimum atomic E-state index is -1.78. The predicted molar refractivity (Wildman–Crippen MR) is 289 cm³/mol. The third kappa shape index (κ3) is 31.9. The fourth-order valence-electron chi connectivity index (χ4n) is 8.48. The van der Waals surface area contributed by atoms with Crippen LogP contribution in [0.2, 0.25) is 0 Å². The molecule has 0 aromatic heterocycles. The second-order valence-corrected chi connectivity index (χ2v) is 19.8. The third-order valence-corrected chi connectivity index (χ3v) is 13.2. The van der Waals surface area contributed by atoms with Crippen LogP contribution >= 0.6 is 0 Å². The van der Waals surface area contributed by atoms with E-state index in [1.165, 1.54) is 103 Å². The van der Waals surface area contributed by atoms with E-state index in [4.69, 9.17) is 28.4 Å². The Labute approximate surface area is 444 Å². The number of hydrogen-bond acceptors (Lipinski definition) is 15. The van der Waals surface area contributed by atoms with Crippen molar-refractivity contribution in [3.63, 3.8) is 0 Å². The molecule has 74 heavy (non-hydrogen) atoms. The van der Waals surface area contributed by atoms with Crippen LogP contribution < -0.4 is 0 Å². The van der Waals surface area contributed by atoms with Gasteiger partial charge in [-0.25, -0.2) is 0 Å². The van der Waals surface area contributed by atoms with Gasteiger partial charge in [0.05, 0.1) is 19.8 Å². The molecule has 15 nitrogen and oxygen atoms in total. The van der Waals surface area contributed by atoms with E-state index >= 15 is 0 Å². The standard InChI is InChI=1S/C59H100O15/c1-3-5-7-9-11-13-15-17-19-21-22-23-24-26-28-30-32-34-36-38-40-42-51(62)72-47(44-69-50(61)41-39-37-35-33-31-29-27-25-20-18-16-14-12-10-8-6-4-2)45-70-58-57(68)55(66)53(64)49(74-58)46-71-59-56(67)54(65)52(63)48(43-60)73-59/h19,21,23-24,27-30,33-36,47-49,52-60,63-68H,3-18,20,22,25-26,31-32,37-46H2,1-2H3/b21-19+,24-23+,29-27+,30-28+,35-33+,36-34+/t47-,48+,49+,52-,53-,54?,55?,56?,57?,58+,59+/m1/s1. The van der Waals surface area contributed by atoms with Crippen molar-refractivity contribution >= 4 is 11.9 Å². The van der Waals surface area contributed by atoms with E-state index in [-0.39, 0.29) is 19.4 Å². The van der Waals surface area contributed by atoms with Crippen molar-refractivity contribution in [2.75, 3.05) is 26.4 Å². The Bertz CT molecular complexity index is 1560. The molecule has 0 radical (unpaired) electrons. The first kappa shape index (κ1) is 67.1. The highest BCUT2D eigenvalue weighted by molar-refractivity contribution is 5.70. The van der Waals surface area contributed by atoms with Gasteiger partial charge >= 0.3 is 11.9 Å². The summed E-state index contributed by atoms with van der Waals surface area (Å²) in [7, 11) is 0. The normalized spacial score (nSPS) is 25.2. The fraction of sp³-hybridized carbons (Fsp3) is 0.763. The summed E-state index contributed by atoms with van der Waals surface area (Å²) in [6.45, 7) is 2.49. The minimum absolute atomic E-state index is 0.0779. The molecule has 2 rings (SSSR count). The van der Waals surface area contributed by atoms with Gasteiger partial charge in [0.2, 0.25) is 0 Å². The van der Waals surface area contributed by atoms with Crippen molar-refractivity contribution in [2.45, 2.75) is 261 Å². The molecule has 2 fully saturated rings. The van der Waals surface area contributed by atoms with Gasteiger partial charge in [0.15, 0.2) is 18.7 Å². The van der Waals surface area contributed by atoms with Crippen LogP contribution in [0.4, 0.5) is 0 Å². The Kier molecular flexibility index (Phi) is 40.8. The summed E-state index contributed by atoms with van der Waals surface area (Å²) in [4.78, 5) is 25.8. The number of hydrogen-bond donors (Lipinski definition) is 7. The molecule has 2 heterocycles. The zero-order chi connectivity index (χ0) is 53.9. The molecule has 4 unspecified atom stereocenters. The summed E-state index contributed by atoms with van der Waals surface area (Å²) < 4.78 is 33.5. The third-order valence-electron chi connectivity index (χ3n) is 13.2. The van der Waals surface area contributed by atoms with Crippen LogP contribution in [0.3, 0.4) is 0 Å². The lowest BCUT2D eigenvalue weighted by Gasteiger charge is -2.42. The van der Waals surface area contributed by atoms with E-state index in [9.17, 15) is 45.3 Å². The summed E-state index contributed by atoms with van der Waals surface area (Å²) >= 11 is 0. The number of unbranched alkanes of at least 4 members (excludes halogenated alkanes) is 18. The predicted octanol–water partition coefficient (Wildman–Crippen LogP) is 9.38. The number of allylic oxidation sites excluding steroid dienone is 12. The fourth-order valence-corrected chi connectivity index (χ4v) is 8.48. The summed E-state index contributed by atoms with van der Waals surface area (Å²) in [6.07, 6.45) is 38.0. The van der Waals surface area contributed by atoms with Crippen molar-refractivity contribution in [1.29, 1.82) is 0 Å². The lowest BCUT2D eigenvalue weighted by Crippen LogP contribution is -2.61. The Morgan fingerprint density at radius 1 is 0.432 bits per heavy atom. The molecule has 15 heteroatoms. The highest BCUT2D eigenvalue weighted by Gasteiger charge is 2.47. The molecule has 0 bridgehead atoms. The van der Waals surface area contributed by atoms with Crippen LogP contribution in [0.1, 0.15) is 194 Å². The van der Waals surface area contributed by atoms with Crippen molar-refractivity contribution in [3.05, 3.63) is 72.9 Å². The van der Waals surface area contributed by atoms with Gasteiger partial charge in [-0.1, -0.05) is 177 Å². The number of ether oxygens (including phenoxy) is 6. The average molecular weight is 1050 g/mol. The van der Waals surface area contributed by atoms with Crippen LogP contribution in [-0.4, -0.2) is 142 Å². The van der Waals surface area contributed by atoms with E-state index < -0.39 is 99.3 Å². The van der Waals surface area contributed by atoms with Gasteiger partial charge in [0.1, 0.15) is 55.4 Å². The van der Waals surface area contributed by atoms with E-state index in [1.54, 1.807) is 0 Å². The Balaban J connectivity index is 1.82. The van der Waals surface area contributed by atoms with Crippen molar-refractivity contribution in [2.24, 2.45) is 0 Å². The quantitative estimate of drug-likeness (QED) is 0.0171. The number of carbonyl (C=O) groups is 2. The van der Waals surface area contributed by atoms with Gasteiger partial charge < -0.3 is 64.2 Å². The van der Waals surface area contributed by atoms with Crippen LogP contribution in [0.5, 0.6) is 0 Å². The van der Waals surface area contributed by atoms with Gasteiger partial charge in [0.25, 0.3) is 0 Å². The van der Waals surface area contributed by atoms with Gasteiger partial charge in [-0.2, -0.15) is 0 Å². The number of rotatable bonds is 44. The zero-order valence-corrected chi connectivity index (χ0v) is 45.3. The van der Waals surface area contributed by atoms with E-state index in [0.717, 1.165) is 38.5 Å². The molecule has 426 valence electrons. The van der Waals surface area contributed by atoms with E-state index in [1.807, 2.05) is 18.2 Å². The molecule has 0 aromatic carbocycles. The number of carbonyl (C=O) groups excluding carboxylic acids is 2. The van der Waals surface area contributed by atoms with Gasteiger partial charge in [-0.15, -0.1) is 0 Å². The Morgan fingerprint density at radius 3 is 1.27 bits per heavy atom. The van der Waals surface area contributed by atoms with Crippen LogP contribution in [0, 0.1) is 0 Å². The molecule has 0 amide bonds. The molecule has 0 spiro atoms. The second kappa shape index (κ2) is 45.0. The van der Waals surface area contributed by atoms with Crippen molar-refractivity contribution in [3.8, 4) is 0 Å². The first-order valence-corrected chi connectivity index (χ1v) is 28.5. The first-order valence-electron chi connectivity index (χ1n) is 28.5. The summed E-state index contributed by atoms with van der Waals surface area (Å²) in [5, 5.41) is 72.2. The first-order chi connectivity index (χ1) is 36.0. The molecule has 2 aliphatic rings. The molecule has 0 aliphatic carbocycles. The SMILES string of the molecule is CCCCCCCCC/C=C/C/C=C/C/C=C/C/C=C/CCCC(=O)O[C@H](COC(=O)CCC/C=C/C/C=C/CCCCCCCCCCC)CO[C@H]1O[C@@H](CO[C@H]2O[C@@H](CO)[C@@H](O)C(O)C2O)[C@@H](O)C(O)C1O. The maximum atomic E-state index is 13.0. The summed E-state index contributed by atoms with van der Waals surface area (Å²) in [5.74, 6) is -1.05. The van der Waals surface area contributed by atoms with Gasteiger partial charge in [-0.3, -0.25) is 9.59 Å². The van der Waals surface area contributed by atoms with Crippen molar-refractivity contribution in [1.82, 2.24) is 0 Å². The topological polar surface area (TPSA) is 231 Å². The highest BCUT2D eigenvalue weighted by atomic mass is 16.7. The summed E-state index contributed by atoms with van der Waals surface area (Å²) in [5.41, 5.74) is 0. The molecule has 0 saturated carbocycles. The molecule has 2 aliphatic heterocycles. The molecule has 7 N–H and O–H groups in total. The Hall–Kier alpha value is -3.06. The molecule has 11 atom stereocenters. The zero-order valence-electron chi connectivity index (χ0n) is 45.3. The maximum absolute atomic E-state index is 13.0. The van der Waals surface area contributed by atoms with Gasteiger partial charge in [-0.05, 0) is 77.0 Å². The van der Waals surface area contributed by atoms with Crippen LogP contribution in [-0.2, 0) is 38.0 Å². The molecular formula is C59H100O15. The Morgan fingerprint density at radius 2 is 0.811 bits per heavy atom. The number of aliphatic hydroxyl groups is 7. The highest BCUT2D eigenvalue weighted by Crippen LogP contribution is 2.26. The van der Waals surface area contributed by atoms with Crippen molar-refractivity contribution < 1.29 is 73.8 Å². The van der Waals surface area contributed by atoms with E-state index in [0.29, 0.717) is 25.7 Å². The average Bonchev–Trinajstić information content (AvgIpc) is 3.39. The molecule has 0 aromatic rings. The number of esters is 2. The van der Waals surface area contributed by atoms with E-state index in [2.05, 4.69) is 68.5 Å². The monoisotopic (exact) mass is 1050 g/mol. The lowest BCUT2D eigenvalue weighted by molar-refractivity contribution is -0.332. The smallest absolute Gasteiger partial charge is 0.306 e. The minimum Gasteiger partial charge on any atom is -0.462 e. The second-order valence-electron chi connectivity index (χ2n) is 19.8. The van der Waals surface area contributed by atoms with Gasteiger partial charge in [0, 0.05) is 12.8 Å². The maximum Gasteiger partial charge on any atom is 0.306 e. The van der Waals surface area contributed by atoms with Crippen LogP contribution in [0.25, 0.3) is 0 Å². The molecular weight excluding hydrogens is 949 g/mol. The number of aliphatic hydroxyl groups excluding tert-OH is 7. The largest absolute Gasteiger partial charge is 0.462 e. The lowest BCUT2D eigenvalue weighted by atomic mass is 9.98. The summed E-state index contributed by atoms with van der Waals surface area (Å²) in [6, 6.07) is 0.